The minimum Gasteiger partial charge on any atom is -0.352 e. The van der Waals surface area contributed by atoms with Gasteiger partial charge >= 0.3 is 0 Å². The Kier molecular flexibility index (Phi) is 3.69. The summed E-state index contributed by atoms with van der Waals surface area (Å²) in [5.74, 6) is -0.130. The zero-order chi connectivity index (χ0) is 16.0. The Balaban J connectivity index is 1.60. The molecule has 124 valence electrons. The molecule has 4 rings (SSSR count). The third-order valence-electron chi connectivity index (χ3n) is 5.11. The summed E-state index contributed by atoms with van der Waals surface area (Å²) in [6.07, 6.45) is 6.45. The summed E-state index contributed by atoms with van der Waals surface area (Å²) < 4.78 is 27.4. The molecule has 1 N–H and O–H groups in total. The number of nitrogens with zero attached hydrogens (tertiary/aromatic N) is 1. The average Bonchev–Trinajstić information content (AvgIpc) is 3.06. The highest BCUT2D eigenvalue weighted by molar-refractivity contribution is 7.89. The van der Waals surface area contributed by atoms with Crippen LogP contribution in [0, 0.1) is 0 Å². The summed E-state index contributed by atoms with van der Waals surface area (Å²) in [5.41, 5.74) is 2.40. The van der Waals surface area contributed by atoms with Gasteiger partial charge in [0.05, 0.1) is 4.90 Å². The molecule has 1 aromatic rings. The SMILES string of the molecule is O=C(NC1CC1)C1CCCN1S(=O)(=O)c1ccc2c(c1)CCC2. The van der Waals surface area contributed by atoms with Gasteiger partial charge in [-0.05, 0) is 68.2 Å². The Bertz CT molecular complexity index is 740. The predicted molar refractivity (Wildman–Crippen MR) is 86.5 cm³/mol. The molecule has 1 saturated carbocycles. The first kappa shape index (κ1) is 15.1. The lowest BCUT2D eigenvalue weighted by Crippen LogP contribution is -2.46. The van der Waals surface area contributed by atoms with Gasteiger partial charge in [-0.15, -0.1) is 0 Å². The molecule has 3 aliphatic rings. The largest absolute Gasteiger partial charge is 0.352 e. The van der Waals surface area contributed by atoms with E-state index in [9.17, 15) is 13.2 Å². The van der Waals surface area contributed by atoms with E-state index in [0.29, 0.717) is 17.9 Å². The quantitative estimate of drug-likeness (QED) is 0.910. The molecule has 1 atom stereocenters. The molecular weight excluding hydrogens is 312 g/mol. The number of aryl methyl sites for hydroxylation is 2. The van der Waals surface area contributed by atoms with Crippen LogP contribution in [0.4, 0.5) is 0 Å². The van der Waals surface area contributed by atoms with E-state index in [1.165, 1.54) is 9.87 Å². The lowest BCUT2D eigenvalue weighted by atomic mass is 10.1. The van der Waals surface area contributed by atoms with Crippen LogP contribution >= 0.6 is 0 Å². The van der Waals surface area contributed by atoms with Crippen molar-refractivity contribution in [1.82, 2.24) is 9.62 Å². The highest BCUT2D eigenvalue weighted by Crippen LogP contribution is 2.30. The number of amides is 1. The Labute approximate surface area is 137 Å². The van der Waals surface area contributed by atoms with Crippen LogP contribution in [0.2, 0.25) is 0 Å². The van der Waals surface area contributed by atoms with Crippen LogP contribution in [0.1, 0.15) is 43.2 Å². The van der Waals surface area contributed by atoms with Crippen molar-refractivity contribution in [1.29, 1.82) is 0 Å². The van der Waals surface area contributed by atoms with E-state index in [2.05, 4.69) is 5.32 Å². The Morgan fingerprint density at radius 2 is 1.87 bits per heavy atom. The van der Waals surface area contributed by atoms with E-state index in [1.54, 1.807) is 6.07 Å². The smallest absolute Gasteiger partial charge is 0.243 e. The van der Waals surface area contributed by atoms with Crippen molar-refractivity contribution in [3.63, 3.8) is 0 Å². The first-order valence-corrected chi connectivity index (χ1v) is 9.94. The topological polar surface area (TPSA) is 66.5 Å². The fourth-order valence-electron chi connectivity index (χ4n) is 3.66. The fourth-order valence-corrected chi connectivity index (χ4v) is 5.37. The standard InChI is InChI=1S/C17H22N2O3S/c20-17(18-14-7-8-14)16-5-2-10-19(16)23(21,22)15-9-6-12-3-1-4-13(12)11-15/h6,9,11,14,16H,1-5,7-8,10H2,(H,18,20). The van der Waals surface area contributed by atoms with E-state index in [-0.39, 0.29) is 11.9 Å². The van der Waals surface area contributed by atoms with Crippen molar-refractivity contribution in [2.75, 3.05) is 6.54 Å². The summed E-state index contributed by atoms with van der Waals surface area (Å²) in [7, 11) is -3.60. The van der Waals surface area contributed by atoms with Gasteiger partial charge in [0.2, 0.25) is 15.9 Å². The van der Waals surface area contributed by atoms with Gasteiger partial charge in [0.15, 0.2) is 0 Å². The molecule has 2 aliphatic carbocycles. The number of nitrogens with one attached hydrogen (secondary N) is 1. The number of carbonyl (C=O) groups excluding carboxylic acids is 1. The lowest BCUT2D eigenvalue weighted by molar-refractivity contribution is -0.124. The van der Waals surface area contributed by atoms with E-state index in [4.69, 9.17) is 0 Å². The molecule has 6 heteroatoms. The number of sulfonamides is 1. The van der Waals surface area contributed by atoms with Crippen molar-refractivity contribution in [3.05, 3.63) is 29.3 Å². The van der Waals surface area contributed by atoms with Gasteiger partial charge in [0, 0.05) is 12.6 Å². The second-order valence-corrected chi connectivity index (χ2v) is 8.73. The van der Waals surface area contributed by atoms with Crippen molar-refractivity contribution in [2.24, 2.45) is 0 Å². The molecule has 0 radical (unpaired) electrons. The number of hydrogen-bond donors (Lipinski definition) is 1. The number of hydrogen-bond acceptors (Lipinski definition) is 3. The zero-order valence-corrected chi connectivity index (χ0v) is 13.9. The first-order chi connectivity index (χ1) is 11.1. The minimum absolute atomic E-state index is 0.130. The number of carbonyl (C=O) groups is 1. The van der Waals surface area contributed by atoms with Gasteiger partial charge in [0.25, 0.3) is 0 Å². The van der Waals surface area contributed by atoms with E-state index in [0.717, 1.165) is 44.1 Å². The Morgan fingerprint density at radius 1 is 1.09 bits per heavy atom. The summed E-state index contributed by atoms with van der Waals surface area (Å²) in [4.78, 5) is 12.7. The molecule has 0 bridgehead atoms. The van der Waals surface area contributed by atoms with E-state index < -0.39 is 16.1 Å². The van der Waals surface area contributed by atoms with Crippen LogP contribution in [0.15, 0.2) is 23.1 Å². The molecule has 23 heavy (non-hydrogen) atoms. The van der Waals surface area contributed by atoms with Crippen molar-refractivity contribution in [2.45, 2.75) is 61.9 Å². The molecule has 0 aromatic heterocycles. The van der Waals surface area contributed by atoms with Gasteiger partial charge < -0.3 is 5.32 Å². The van der Waals surface area contributed by atoms with Crippen LogP contribution < -0.4 is 5.32 Å². The second-order valence-electron chi connectivity index (χ2n) is 6.84. The maximum atomic E-state index is 13.0. The molecule has 5 nitrogen and oxygen atoms in total. The van der Waals surface area contributed by atoms with Crippen LogP contribution in [0.5, 0.6) is 0 Å². The van der Waals surface area contributed by atoms with Crippen LogP contribution in [-0.4, -0.2) is 37.3 Å². The minimum atomic E-state index is -3.60. The Morgan fingerprint density at radius 3 is 2.65 bits per heavy atom. The highest BCUT2D eigenvalue weighted by atomic mass is 32.2. The molecular formula is C17H22N2O3S. The molecule has 1 heterocycles. The van der Waals surface area contributed by atoms with Crippen molar-refractivity contribution in [3.8, 4) is 0 Å². The second kappa shape index (κ2) is 5.60. The summed E-state index contributed by atoms with van der Waals surface area (Å²) >= 11 is 0. The average molecular weight is 334 g/mol. The maximum Gasteiger partial charge on any atom is 0.243 e. The lowest BCUT2D eigenvalue weighted by Gasteiger charge is -2.23. The van der Waals surface area contributed by atoms with Gasteiger partial charge in [-0.25, -0.2) is 8.42 Å². The molecule has 0 spiro atoms. The molecule has 1 unspecified atom stereocenters. The van der Waals surface area contributed by atoms with E-state index in [1.807, 2.05) is 12.1 Å². The summed E-state index contributed by atoms with van der Waals surface area (Å²) in [6.45, 7) is 0.433. The van der Waals surface area contributed by atoms with Crippen LogP contribution in [0.3, 0.4) is 0 Å². The van der Waals surface area contributed by atoms with Gasteiger partial charge in [-0.1, -0.05) is 6.07 Å². The number of fused-ring (bicyclic) bond motifs is 1. The van der Waals surface area contributed by atoms with Gasteiger partial charge in [-0.3, -0.25) is 4.79 Å². The van der Waals surface area contributed by atoms with E-state index >= 15 is 0 Å². The number of rotatable bonds is 4. The highest BCUT2D eigenvalue weighted by Gasteiger charge is 2.41. The molecule has 2 fully saturated rings. The molecule has 1 amide bonds. The third kappa shape index (κ3) is 2.78. The van der Waals surface area contributed by atoms with Crippen LogP contribution in [0.25, 0.3) is 0 Å². The zero-order valence-electron chi connectivity index (χ0n) is 13.1. The Hall–Kier alpha value is -1.40. The monoisotopic (exact) mass is 334 g/mol. The number of benzene rings is 1. The van der Waals surface area contributed by atoms with Crippen LogP contribution in [-0.2, 0) is 27.7 Å². The van der Waals surface area contributed by atoms with Gasteiger partial charge in [0.1, 0.15) is 6.04 Å². The maximum absolute atomic E-state index is 13.0. The van der Waals surface area contributed by atoms with Gasteiger partial charge in [-0.2, -0.15) is 4.31 Å². The molecule has 1 aliphatic heterocycles. The molecule has 1 saturated heterocycles. The first-order valence-electron chi connectivity index (χ1n) is 8.50. The molecule has 1 aromatic carbocycles. The van der Waals surface area contributed by atoms with Crippen molar-refractivity contribution < 1.29 is 13.2 Å². The normalized spacial score (nSPS) is 24.6. The fraction of sp³-hybridized carbons (Fsp3) is 0.588. The summed E-state index contributed by atoms with van der Waals surface area (Å²) in [6, 6.07) is 5.16. The third-order valence-corrected chi connectivity index (χ3v) is 7.01. The summed E-state index contributed by atoms with van der Waals surface area (Å²) in [5, 5.41) is 2.95. The predicted octanol–water partition coefficient (Wildman–Crippen LogP) is 1.61. The van der Waals surface area contributed by atoms with Crippen molar-refractivity contribution >= 4 is 15.9 Å².